The van der Waals surface area contributed by atoms with Crippen molar-refractivity contribution in [3.63, 3.8) is 0 Å². The summed E-state index contributed by atoms with van der Waals surface area (Å²) in [6, 6.07) is 0. The lowest BCUT2D eigenvalue weighted by atomic mass is 10.3. The van der Waals surface area contributed by atoms with Crippen LogP contribution in [0.5, 0.6) is 0 Å². The maximum atomic E-state index is 11.3. The number of nitrogens with two attached hydrogens (primary N) is 3. The van der Waals surface area contributed by atoms with Crippen molar-refractivity contribution in [2.45, 2.75) is 0 Å². The van der Waals surface area contributed by atoms with Crippen molar-refractivity contribution in [2.24, 2.45) is 17.2 Å². The van der Waals surface area contributed by atoms with Crippen molar-refractivity contribution in [1.82, 2.24) is 19.6 Å². The largest absolute Gasteiger partial charge is 0.480 e. The second kappa shape index (κ2) is 12.2. The van der Waals surface area contributed by atoms with Gasteiger partial charge in [0.15, 0.2) is 0 Å². The standard InChI is InChI=1S/C16H31N7O5/c17-13(24)9-20-1-3-21(10-14(18)25)5-7-23(12-16(27)28)8-6-22(4-2-20)11-15(19)26/h1-12H2,(H2,17,24)(H2,18,25)(H2,19,26)(H,27,28). The quantitative estimate of drug-likeness (QED) is 0.313. The zero-order valence-corrected chi connectivity index (χ0v) is 16.1. The van der Waals surface area contributed by atoms with Crippen LogP contribution in [0, 0.1) is 0 Å². The maximum Gasteiger partial charge on any atom is 0.317 e. The molecule has 1 fully saturated rings. The van der Waals surface area contributed by atoms with Crippen molar-refractivity contribution in [2.75, 3.05) is 78.5 Å². The van der Waals surface area contributed by atoms with Crippen LogP contribution in [-0.2, 0) is 19.2 Å². The molecule has 1 aliphatic rings. The second-order valence-electron chi connectivity index (χ2n) is 6.90. The Balaban J connectivity index is 2.90. The van der Waals surface area contributed by atoms with E-state index < -0.39 is 23.7 Å². The van der Waals surface area contributed by atoms with Gasteiger partial charge in [-0.1, -0.05) is 0 Å². The molecule has 12 nitrogen and oxygen atoms in total. The van der Waals surface area contributed by atoms with Crippen LogP contribution in [0.3, 0.4) is 0 Å². The minimum atomic E-state index is -0.956. The molecule has 0 aromatic heterocycles. The molecule has 12 heteroatoms. The molecule has 1 saturated heterocycles. The Morgan fingerprint density at radius 3 is 0.929 bits per heavy atom. The molecule has 1 aliphatic heterocycles. The molecule has 0 atom stereocenters. The smallest absolute Gasteiger partial charge is 0.317 e. The van der Waals surface area contributed by atoms with E-state index in [0.717, 1.165) is 0 Å². The molecule has 7 N–H and O–H groups in total. The van der Waals surface area contributed by atoms with E-state index in [1.165, 1.54) is 0 Å². The Labute approximate surface area is 164 Å². The van der Waals surface area contributed by atoms with Gasteiger partial charge in [-0.2, -0.15) is 0 Å². The summed E-state index contributed by atoms with van der Waals surface area (Å²) in [5, 5.41) is 9.13. The number of rotatable bonds is 8. The Morgan fingerprint density at radius 1 is 0.536 bits per heavy atom. The predicted octanol–water partition coefficient (Wildman–Crippen LogP) is -4.25. The fourth-order valence-electron chi connectivity index (χ4n) is 3.06. The van der Waals surface area contributed by atoms with Gasteiger partial charge in [-0.25, -0.2) is 0 Å². The maximum absolute atomic E-state index is 11.3. The molecular formula is C16H31N7O5. The lowest BCUT2D eigenvalue weighted by molar-refractivity contribution is -0.138. The summed E-state index contributed by atoms with van der Waals surface area (Å²) in [5.41, 5.74) is 15.9. The molecule has 0 aromatic rings. The second-order valence-corrected chi connectivity index (χ2v) is 6.90. The topological polar surface area (TPSA) is 180 Å². The summed E-state index contributed by atoms with van der Waals surface area (Å²) in [5.74, 6) is -2.39. The third-order valence-electron chi connectivity index (χ3n) is 4.43. The molecule has 0 radical (unpaired) electrons. The number of carboxylic acids is 1. The minimum absolute atomic E-state index is 0.0408. The van der Waals surface area contributed by atoms with Gasteiger partial charge >= 0.3 is 5.97 Å². The monoisotopic (exact) mass is 401 g/mol. The molecule has 0 unspecified atom stereocenters. The molecule has 160 valence electrons. The highest BCUT2D eigenvalue weighted by Crippen LogP contribution is 2.01. The van der Waals surface area contributed by atoms with Crippen LogP contribution >= 0.6 is 0 Å². The molecule has 3 amide bonds. The summed E-state index contributed by atoms with van der Waals surface area (Å²) in [6.07, 6.45) is 0. The normalized spacial score (nSPS) is 19.4. The zero-order valence-electron chi connectivity index (χ0n) is 16.1. The number of primary amides is 3. The zero-order chi connectivity index (χ0) is 21.1. The van der Waals surface area contributed by atoms with Crippen LogP contribution in [0.25, 0.3) is 0 Å². The molecule has 28 heavy (non-hydrogen) atoms. The summed E-state index contributed by atoms with van der Waals surface area (Å²) in [7, 11) is 0. The predicted molar refractivity (Wildman–Crippen MR) is 101 cm³/mol. The van der Waals surface area contributed by atoms with E-state index in [1.54, 1.807) is 4.90 Å². The number of amides is 3. The molecule has 0 saturated carbocycles. The third kappa shape index (κ3) is 10.8. The van der Waals surface area contributed by atoms with Crippen LogP contribution in [0.4, 0.5) is 0 Å². The van der Waals surface area contributed by atoms with E-state index in [2.05, 4.69) is 0 Å². The number of carboxylic acid groups (broad SMARTS) is 1. The van der Waals surface area contributed by atoms with Gasteiger partial charge in [0.25, 0.3) is 0 Å². The SMILES string of the molecule is NC(=O)CN1CCN(CC(N)=O)CCN(CC(=O)O)CCN(CC(N)=O)CC1. The van der Waals surface area contributed by atoms with Gasteiger partial charge in [-0.3, -0.25) is 38.8 Å². The Hall–Kier alpha value is -2.28. The summed E-state index contributed by atoms with van der Waals surface area (Å²) < 4.78 is 0. The van der Waals surface area contributed by atoms with Gasteiger partial charge in [0.05, 0.1) is 26.2 Å². The number of nitrogens with zero attached hydrogens (tertiary/aromatic N) is 4. The van der Waals surface area contributed by atoms with Gasteiger partial charge in [-0.05, 0) is 0 Å². The Kier molecular flexibility index (Phi) is 10.4. The first-order valence-electron chi connectivity index (χ1n) is 9.12. The number of aliphatic carboxylic acids is 1. The highest BCUT2D eigenvalue weighted by atomic mass is 16.4. The first-order chi connectivity index (χ1) is 13.2. The highest BCUT2D eigenvalue weighted by Gasteiger charge is 2.19. The van der Waals surface area contributed by atoms with Crippen molar-refractivity contribution in [1.29, 1.82) is 0 Å². The van der Waals surface area contributed by atoms with Crippen molar-refractivity contribution >= 4 is 23.7 Å². The van der Waals surface area contributed by atoms with E-state index in [4.69, 9.17) is 22.3 Å². The summed E-state index contributed by atoms with van der Waals surface area (Å²) >= 11 is 0. The lowest BCUT2D eigenvalue weighted by Crippen LogP contribution is -2.50. The highest BCUT2D eigenvalue weighted by molar-refractivity contribution is 5.76. The molecule has 1 rings (SSSR count). The van der Waals surface area contributed by atoms with Crippen LogP contribution in [-0.4, -0.2) is 127 Å². The van der Waals surface area contributed by atoms with E-state index >= 15 is 0 Å². The first kappa shape index (κ1) is 23.8. The fourth-order valence-corrected chi connectivity index (χ4v) is 3.06. The van der Waals surface area contributed by atoms with Gasteiger partial charge in [-0.15, -0.1) is 0 Å². The molecular weight excluding hydrogens is 370 g/mol. The Morgan fingerprint density at radius 2 is 0.750 bits per heavy atom. The molecule has 0 aromatic carbocycles. The van der Waals surface area contributed by atoms with E-state index in [-0.39, 0.29) is 26.2 Å². The van der Waals surface area contributed by atoms with E-state index in [0.29, 0.717) is 52.4 Å². The number of carbonyl (C=O) groups excluding carboxylic acids is 3. The number of hydrogen-bond donors (Lipinski definition) is 4. The fraction of sp³-hybridized carbons (Fsp3) is 0.750. The number of carbonyl (C=O) groups is 4. The number of hydrogen-bond acceptors (Lipinski definition) is 8. The van der Waals surface area contributed by atoms with E-state index in [1.807, 2.05) is 14.7 Å². The first-order valence-corrected chi connectivity index (χ1v) is 9.12. The molecule has 0 bridgehead atoms. The third-order valence-corrected chi connectivity index (χ3v) is 4.43. The molecule has 0 aliphatic carbocycles. The van der Waals surface area contributed by atoms with Gasteiger partial charge in [0, 0.05) is 52.4 Å². The van der Waals surface area contributed by atoms with Crippen molar-refractivity contribution < 1.29 is 24.3 Å². The minimum Gasteiger partial charge on any atom is -0.480 e. The van der Waals surface area contributed by atoms with Crippen molar-refractivity contribution in [3.05, 3.63) is 0 Å². The van der Waals surface area contributed by atoms with Crippen LogP contribution in [0.2, 0.25) is 0 Å². The van der Waals surface area contributed by atoms with E-state index in [9.17, 15) is 19.2 Å². The van der Waals surface area contributed by atoms with Gasteiger partial charge in [0.2, 0.25) is 17.7 Å². The van der Waals surface area contributed by atoms with Crippen LogP contribution in [0.15, 0.2) is 0 Å². The lowest BCUT2D eigenvalue weighted by Gasteiger charge is -2.32. The van der Waals surface area contributed by atoms with Crippen molar-refractivity contribution in [3.8, 4) is 0 Å². The summed E-state index contributed by atoms with van der Waals surface area (Å²) in [4.78, 5) is 52.4. The molecule has 0 spiro atoms. The van der Waals surface area contributed by atoms with Crippen LogP contribution < -0.4 is 17.2 Å². The Bertz CT molecular complexity index is 448. The molecule has 1 heterocycles. The average Bonchev–Trinajstić information content (AvgIpc) is 2.55. The van der Waals surface area contributed by atoms with Crippen LogP contribution in [0.1, 0.15) is 0 Å². The van der Waals surface area contributed by atoms with Gasteiger partial charge < -0.3 is 22.3 Å². The summed E-state index contributed by atoms with van der Waals surface area (Å²) in [6.45, 7) is 3.58. The average molecular weight is 401 g/mol. The van der Waals surface area contributed by atoms with Gasteiger partial charge in [0.1, 0.15) is 0 Å².